The molecule has 0 aliphatic carbocycles. The highest BCUT2D eigenvalue weighted by atomic mass is 79.9. The monoisotopic (exact) mass is 338 g/mol. The molecule has 3 N–H and O–H groups in total. The standard InChI is InChI=1S/C14H12BrFN2O2/c1-20-11-5-8(4-10(17)7-11)14(19)18-13-3-2-9(15)6-12(13)16/h2-7H,17H2,1H3,(H,18,19). The minimum absolute atomic E-state index is 0.0968. The number of hydrogen-bond acceptors (Lipinski definition) is 3. The first-order valence-corrected chi connectivity index (χ1v) is 6.50. The summed E-state index contributed by atoms with van der Waals surface area (Å²) in [5.74, 6) is -0.521. The van der Waals surface area contributed by atoms with E-state index >= 15 is 0 Å². The number of carbonyl (C=O) groups excluding carboxylic acids is 1. The molecule has 0 atom stereocenters. The first-order chi connectivity index (χ1) is 9.49. The van der Waals surface area contributed by atoms with E-state index in [9.17, 15) is 9.18 Å². The van der Waals surface area contributed by atoms with Crippen molar-refractivity contribution >= 4 is 33.2 Å². The van der Waals surface area contributed by atoms with Crippen LogP contribution in [0.1, 0.15) is 10.4 Å². The molecule has 0 radical (unpaired) electrons. The van der Waals surface area contributed by atoms with Crippen molar-refractivity contribution in [3.8, 4) is 5.75 Å². The maximum Gasteiger partial charge on any atom is 0.255 e. The van der Waals surface area contributed by atoms with Gasteiger partial charge >= 0.3 is 0 Å². The van der Waals surface area contributed by atoms with Crippen molar-refractivity contribution in [1.29, 1.82) is 0 Å². The molecule has 0 fully saturated rings. The van der Waals surface area contributed by atoms with Crippen LogP contribution in [0, 0.1) is 5.82 Å². The molecule has 0 saturated carbocycles. The van der Waals surface area contributed by atoms with Gasteiger partial charge in [0.15, 0.2) is 0 Å². The van der Waals surface area contributed by atoms with E-state index in [4.69, 9.17) is 10.5 Å². The first-order valence-electron chi connectivity index (χ1n) is 5.70. The van der Waals surface area contributed by atoms with Gasteiger partial charge in [0.2, 0.25) is 0 Å². The van der Waals surface area contributed by atoms with Crippen LogP contribution in [0.15, 0.2) is 40.9 Å². The Balaban J connectivity index is 2.26. The number of anilines is 2. The number of rotatable bonds is 3. The Morgan fingerprint density at radius 3 is 2.70 bits per heavy atom. The molecule has 104 valence electrons. The molecular weight excluding hydrogens is 327 g/mol. The zero-order valence-corrected chi connectivity index (χ0v) is 12.2. The van der Waals surface area contributed by atoms with E-state index in [1.165, 1.54) is 31.4 Å². The lowest BCUT2D eigenvalue weighted by atomic mass is 10.1. The zero-order valence-electron chi connectivity index (χ0n) is 10.6. The molecule has 0 bridgehead atoms. The molecule has 0 saturated heterocycles. The Hall–Kier alpha value is -2.08. The summed E-state index contributed by atoms with van der Waals surface area (Å²) in [6, 6.07) is 9.00. The molecule has 0 aliphatic heterocycles. The fourth-order valence-electron chi connectivity index (χ4n) is 1.66. The van der Waals surface area contributed by atoms with Gasteiger partial charge in [0.05, 0.1) is 12.8 Å². The second-order valence-electron chi connectivity index (χ2n) is 4.07. The molecule has 6 heteroatoms. The van der Waals surface area contributed by atoms with Crippen molar-refractivity contribution in [3.05, 3.63) is 52.3 Å². The summed E-state index contributed by atoms with van der Waals surface area (Å²) in [7, 11) is 1.48. The molecule has 0 aliphatic rings. The van der Waals surface area contributed by atoms with E-state index in [-0.39, 0.29) is 5.69 Å². The highest BCUT2D eigenvalue weighted by molar-refractivity contribution is 9.10. The Morgan fingerprint density at radius 2 is 2.05 bits per heavy atom. The van der Waals surface area contributed by atoms with Crippen molar-refractivity contribution in [1.82, 2.24) is 0 Å². The van der Waals surface area contributed by atoms with Crippen molar-refractivity contribution in [3.63, 3.8) is 0 Å². The Morgan fingerprint density at radius 1 is 1.30 bits per heavy atom. The third-order valence-electron chi connectivity index (χ3n) is 2.61. The number of ether oxygens (including phenoxy) is 1. The minimum Gasteiger partial charge on any atom is -0.497 e. The molecule has 1 amide bonds. The average Bonchev–Trinajstić information content (AvgIpc) is 2.41. The molecule has 0 unspecified atom stereocenters. The van der Waals surface area contributed by atoms with Crippen molar-refractivity contribution in [2.75, 3.05) is 18.2 Å². The highest BCUT2D eigenvalue weighted by Crippen LogP contribution is 2.22. The predicted octanol–water partition coefficient (Wildman–Crippen LogP) is 3.43. The number of amides is 1. The summed E-state index contributed by atoms with van der Waals surface area (Å²) in [5.41, 5.74) is 6.46. The summed E-state index contributed by atoms with van der Waals surface area (Å²) < 4.78 is 19.3. The van der Waals surface area contributed by atoms with Crippen LogP contribution in [-0.2, 0) is 0 Å². The average molecular weight is 339 g/mol. The topological polar surface area (TPSA) is 64.3 Å². The van der Waals surface area contributed by atoms with E-state index in [0.717, 1.165) is 0 Å². The molecule has 20 heavy (non-hydrogen) atoms. The predicted molar refractivity (Wildman–Crippen MR) is 79.5 cm³/mol. The summed E-state index contributed by atoms with van der Waals surface area (Å²) in [5, 5.41) is 2.49. The second-order valence-corrected chi connectivity index (χ2v) is 4.99. The molecular formula is C14H12BrFN2O2. The van der Waals surface area contributed by atoms with Crippen LogP contribution < -0.4 is 15.8 Å². The van der Waals surface area contributed by atoms with Crippen LogP contribution in [0.2, 0.25) is 0 Å². The smallest absolute Gasteiger partial charge is 0.255 e. The number of hydrogen-bond donors (Lipinski definition) is 2. The number of nitrogens with one attached hydrogen (secondary N) is 1. The minimum atomic E-state index is -0.524. The lowest BCUT2D eigenvalue weighted by Crippen LogP contribution is -2.13. The molecule has 0 spiro atoms. The van der Waals surface area contributed by atoms with Crippen molar-refractivity contribution < 1.29 is 13.9 Å². The maximum atomic E-state index is 13.7. The maximum absolute atomic E-state index is 13.7. The van der Waals surface area contributed by atoms with Gasteiger partial charge in [0.25, 0.3) is 5.91 Å². The number of methoxy groups -OCH3 is 1. The molecule has 2 rings (SSSR count). The van der Waals surface area contributed by atoms with E-state index in [1.54, 1.807) is 12.1 Å². The lowest BCUT2D eigenvalue weighted by Gasteiger charge is -2.09. The quantitative estimate of drug-likeness (QED) is 0.842. The van der Waals surface area contributed by atoms with E-state index in [0.29, 0.717) is 21.5 Å². The fourth-order valence-corrected chi connectivity index (χ4v) is 1.99. The molecule has 0 aromatic heterocycles. The van der Waals surface area contributed by atoms with Gasteiger partial charge < -0.3 is 15.8 Å². The third-order valence-corrected chi connectivity index (χ3v) is 3.10. The Labute approximate surface area is 123 Å². The highest BCUT2D eigenvalue weighted by Gasteiger charge is 2.11. The van der Waals surface area contributed by atoms with Gasteiger partial charge in [0, 0.05) is 21.8 Å². The molecule has 2 aromatic rings. The van der Waals surface area contributed by atoms with E-state index < -0.39 is 11.7 Å². The zero-order chi connectivity index (χ0) is 14.7. The summed E-state index contributed by atoms with van der Waals surface area (Å²) in [6.07, 6.45) is 0. The number of benzene rings is 2. The van der Waals surface area contributed by atoms with Gasteiger partial charge in [-0.3, -0.25) is 4.79 Å². The fraction of sp³-hybridized carbons (Fsp3) is 0.0714. The van der Waals surface area contributed by atoms with Gasteiger partial charge in [-0.05, 0) is 30.3 Å². The number of nitrogens with two attached hydrogens (primary N) is 1. The summed E-state index contributed by atoms with van der Waals surface area (Å²) >= 11 is 3.15. The lowest BCUT2D eigenvalue weighted by molar-refractivity contribution is 0.102. The van der Waals surface area contributed by atoms with Gasteiger partial charge in [0.1, 0.15) is 11.6 Å². The summed E-state index contributed by atoms with van der Waals surface area (Å²) in [6.45, 7) is 0. The largest absolute Gasteiger partial charge is 0.497 e. The number of nitrogen functional groups attached to an aromatic ring is 1. The Bertz CT molecular complexity index is 662. The normalized spacial score (nSPS) is 10.2. The van der Waals surface area contributed by atoms with Crippen LogP contribution in [0.4, 0.5) is 15.8 Å². The number of halogens is 2. The molecule has 2 aromatic carbocycles. The van der Waals surface area contributed by atoms with Gasteiger partial charge in [-0.1, -0.05) is 15.9 Å². The SMILES string of the molecule is COc1cc(N)cc(C(=O)Nc2ccc(Br)cc2F)c1. The Kier molecular flexibility index (Phi) is 4.24. The molecule has 0 heterocycles. The number of carbonyl (C=O) groups is 1. The van der Waals surface area contributed by atoms with Crippen LogP contribution in [0.3, 0.4) is 0 Å². The van der Waals surface area contributed by atoms with Crippen molar-refractivity contribution in [2.45, 2.75) is 0 Å². The second kappa shape index (κ2) is 5.92. The van der Waals surface area contributed by atoms with Gasteiger partial charge in [-0.15, -0.1) is 0 Å². The molecule has 4 nitrogen and oxygen atoms in total. The third kappa shape index (κ3) is 3.27. The van der Waals surface area contributed by atoms with E-state index in [1.807, 2.05) is 0 Å². The van der Waals surface area contributed by atoms with Gasteiger partial charge in [-0.25, -0.2) is 4.39 Å². The first kappa shape index (κ1) is 14.3. The van der Waals surface area contributed by atoms with Gasteiger partial charge in [-0.2, -0.15) is 0 Å². The van der Waals surface area contributed by atoms with Crippen LogP contribution in [-0.4, -0.2) is 13.0 Å². The summed E-state index contributed by atoms with van der Waals surface area (Å²) in [4.78, 5) is 12.1. The van der Waals surface area contributed by atoms with Crippen LogP contribution in [0.25, 0.3) is 0 Å². The van der Waals surface area contributed by atoms with Crippen molar-refractivity contribution in [2.24, 2.45) is 0 Å². The van der Waals surface area contributed by atoms with Crippen LogP contribution >= 0.6 is 15.9 Å². The van der Waals surface area contributed by atoms with Crippen LogP contribution in [0.5, 0.6) is 5.75 Å². The van der Waals surface area contributed by atoms with E-state index in [2.05, 4.69) is 21.2 Å².